The fourth-order valence-electron chi connectivity index (χ4n) is 3.45. The summed E-state index contributed by atoms with van der Waals surface area (Å²) in [6, 6.07) is 5.15. The van der Waals surface area contributed by atoms with Gasteiger partial charge in [0.1, 0.15) is 11.6 Å². The van der Waals surface area contributed by atoms with E-state index in [2.05, 4.69) is 30.7 Å². The zero-order chi connectivity index (χ0) is 15.0. The van der Waals surface area contributed by atoms with Crippen LogP contribution in [0.15, 0.2) is 18.2 Å². The van der Waals surface area contributed by atoms with E-state index in [4.69, 9.17) is 4.98 Å². The van der Waals surface area contributed by atoms with Crippen LogP contribution in [0, 0.1) is 11.2 Å². The molecule has 1 unspecified atom stereocenters. The van der Waals surface area contributed by atoms with E-state index in [0.29, 0.717) is 0 Å². The fraction of sp³-hybridized carbons (Fsp3) is 0.588. The largest absolute Gasteiger partial charge is 0.327 e. The minimum atomic E-state index is -0.217. The second kappa shape index (κ2) is 5.41. The molecule has 0 saturated carbocycles. The third-order valence-electron chi connectivity index (χ3n) is 4.57. The van der Waals surface area contributed by atoms with Gasteiger partial charge in [0.05, 0.1) is 17.1 Å². The fourth-order valence-corrected chi connectivity index (χ4v) is 3.45. The van der Waals surface area contributed by atoms with Crippen molar-refractivity contribution in [3.8, 4) is 0 Å². The first-order valence-corrected chi connectivity index (χ1v) is 7.92. The Bertz CT molecular complexity index is 645. The first kappa shape index (κ1) is 14.5. The average molecular weight is 289 g/mol. The van der Waals surface area contributed by atoms with Crippen LogP contribution in [0.3, 0.4) is 0 Å². The molecule has 3 nitrogen and oxygen atoms in total. The molecule has 2 heterocycles. The minimum Gasteiger partial charge on any atom is -0.327 e. The molecule has 1 fully saturated rings. The minimum absolute atomic E-state index is 0.170. The van der Waals surface area contributed by atoms with Crippen molar-refractivity contribution < 1.29 is 4.39 Å². The molecule has 1 aliphatic rings. The summed E-state index contributed by atoms with van der Waals surface area (Å²) in [6.07, 6.45) is 3.43. The number of nitrogens with one attached hydrogen (secondary N) is 1. The van der Waals surface area contributed by atoms with Gasteiger partial charge in [0, 0.05) is 12.6 Å². The second-order valence-corrected chi connectivity index (χ2v) is 6.73. The summed E-state index contributed by atoms with van der Waals surface area (Å²) in [4.78, 5) is 4.77. The normalized spacial score (nSPS) is 21.8. The van der Waals surface area contributed by atoms with Gasteiger partial charge in [-0.25, -0.2) is 9.37 Å². The number of hydrogen-bond acceptors (Lipinski definition) is 2. The molecule has 3 rings (SSSR count). The standard InChI is InChI=1S/C17H24FN3/c1-4-10-21-14-7-6-12(18)11-13(14)20-16(21)15-17(2,3)8-5-9-19-15/h6-7,11,15,19H,4-5,8-10H2,1-3H3. The Morgan fingerprint density at radius 2 is 2.24 bits per heavy atom. The highest BCUT2D eigenvalue weighted by Crippen LogP contribution is 2.40. The number of nitrogens with zero attached hydrogens (tertiary/aromatic N) is 2. The molecule has 1 atom stereocenters. The Labute approximate surface area is 125 Å². The number of rotatable bonds is 3. The van der Waals surface area contributed by atoms with Gasteiger partial charge < -0.3 is 9.88 Å². The first-order valence-electron chi connectivity index (χ1n) is 7.92. The Morgan fingerprint density at radius 1 is 1.43 bits per heavy atom. The number of aromatic nitrogens is 2. The summed E-state index contributed by atoms with van der Waals surface area (Å²) in [5, 5.41) is 3.62. The monoisotopic (exact) mass is 289 g/mol. The van der Waals surface area contributed by atoms with Gasteiger partial charge in [-0.05, 0) is 43.4 Å². The molecule has 1 N–H and O–H groups in total. The lowest BCUT2D eigenvalue weighted by Gasteiger charge is -2.39. The number of fused-ring (bicyclic) bond motifs is 1. The zero-order valence-electron chi connectivity index (χ0n) is 13.1. The molecule has 1 aromatic carbocycles. The quantitative estimate of drug-likeness (QED) is 0.924. The summed E-state index contributed by atoms with van der Waals surface area (Å²) >= 11 is 0. The molecule has 1 saturated heterocycles. The topological polar surface area (TPSA) is 29.9 Å². The van der Waals surface area contributed by atoms with E-state index in [1.54, 1.807) is 6.07 Å². The molecule has 0 radical (unpaired) electrons. The van der Waals surface area contributed by atoms with Gasteiger partial charge in [-0.2, -0.15) is 0 Å². The van der Waals surface area contributed by atoms with Gasteiger partial charge in [-0.15, -0.1) is 0 Å². The van der Waals surface area contributed by atoms with Gasteiger partial charge >= 0.3 is 0 Å². The molecule has 0 aliphatic carbocycles. The van der Waals surface area contributed by atoms with Crippen molar-refractivity contribution in [2.45, 2.75) is 52.6 Å². The van der Waals surface area contributed by atoms with Crippen molar-refractivity contribution in [3.63, 3.8) is 0 Å². The summed E-state index contributed by atoms with van der Waals surface area (Å²) in [7, 11) is 0. The highest BCUT2D eigenvalue weighted by atomic mass is 19.1. The van der Waals surface area contributed by atoms with E-state index in [-0.39, 0.29) is 17.3 Å². The first-order chi connectivity index (χ1) is 10.0. The van der Waals surface area contributed by atoms with Crippen molar-refractivity contribution in [3.05, 3.63) is 29.8 Å². The third kappa shape index (κ3) is 2.57. The molecular weight excluding hydrogens is 265 g/mol. The maximum Gasteiger partial charge on any atom is 0.127 e. The summed E-state index contributed by atoms with van der Waals surface area (Å²) in [5.74, 6) is 0.841. The molecule has 1 aliphatic heterocycles. The van der Waals surface area contributed by atoms with Crippen LogP contribution in [-0.4, -0.2) is 16.1 Å². The summed E-state index contributed by atoms with van der Waals surface area (Å²) < 4.78 is 15.8. The van der Waals surface area contributed by atoms with E-state index in [1.807, 2.05) is 6.07 Å². The highest BCUT2D eigenvalue weighted by molar-refractivity contribution is 5.76. The summed E-state index contributed by atoms with van der Waals surface area (Å²) in [6.45, 7) is 8.70. The van der Waals surface area contributed by atoms with E-state index in [9.17, 15) is 4.39 Å². The Hall–Kier alpha value is -1.42. The molecule has 0 bridgehead atoms. The molecule has 0 spiro atoms. The molecule has 2 aromatic rings. The van der Waals surface area contributed by atoms with Crippen LogP contribution >= 0.6 is 0 Å². The number of imidazole rings is 1. The predicted molar refractivity (Wildman–Crippen MR) is 83.7 cm³/mol. The lowest BCUT2D eigenvalue weighted by atomic mass is 9.77. The van der Waals surface area contributed by atoms with Crippen molar-refractivity contribution in [1.29, 1.82) is 0 Å². The number of hydrogen-bond donors (Lipinski definition) is 1. The number of piperidine rings is 1. The van der Waals surface area contributed by atoms with Crippen molar-refractivity contribution in [2.75, 3.05) is 6.54 Å². The van der Waals surface area contributed by atoms with Crippen LogP contribution < -0.4 is 5.32 Å². The molecule has 21 heavy (non-hydrogen) atoms. The van der Waals surface area contributed by atoms with Crippen LogP contribution in [0.1, 0.15) is 51.9 Å². The van der Waals surface area contributed by atoms with E-state index in [0.717, 1.165) is 36.4 Å². The molecule has 1 aromatic heterocycles. The van der Waals surface area contributed by atoms with E-state index in [1.165, 1.54) is 18.9 Å². The number of benzene rings is 1. The van der Waals surface area contributed by atoms with Crippen LogP contribution in [-0.2, 0) is 6.54 Å². The van der Waals surface area contributed by atoms with E-state index >= 15 is 0 Å². The average Bonchev–Trinajstić information content (AvgIpc) is 2.76. The third-order valence-corrected chi connectivity index (χ3v) is 4.57. The Kier molecular flexibility index (Phi) is 3.74. The van der Waals surface area contributed by atoms with Gasteiger partial charge in [-0.3, -0.25) is 0 Å². The molecule has 4 heteroatoms. The molecule has 0 amide bonds. The Balaban J connectivity index is 2.14. The second-order valence-electron chi connectivity index (χ2n) is 6.73. The number of halogens is 1. The van der Waals surface area contributed by atoms with Crippen molar-refractivity contribution in [2.24, 2.45) is 5.41 Å². The smallest absolute Gasteiger partial charge is 0.127 e. The summed E-state index contributed by atoms with van der Waals surface area (Å²) in [5.41, 5.74) is 1.97. The van der Waals surface area contributed by atoms with Gasteiger partial charge in [0.25, 0.3) is 0 Å². The van der Waals surface area contributed by atoms with Crippen LogP contribution in [0.2, 0.25) is 0 Å². The SMILES string of the molecule is CCCn1c(C2NCCCC2(C)C)nc2cc(F)ccc21. The van der Waals surface area contributed by atoms with Crippen LogP contribution in [0.5, 0.6) is 0 Å². The lowest BCUT2D eigenvalue weighted by Crippen LogP contribution is -2.41. The molecular formula is C17H24FN3. The number of aryl methyl sites for hydroxylation is 1. The maximum atomic E-state index is 13.5. The van der Waals surface area contributed by atoms with E-state index < -0.39 is 0 Å². The maximum absolute atomic E-state index is 13.5. The molecule has 114 valence electrons. The predicted octanol–water partition coefficient (Wildman–Crippen LogP) is 4.04. The Morgan fingerprint density at radius 3 is 2.95 bits per heavy atom. The van der Waals surface area contributed by atoms with Crippen LogP contribution in [0.25, 0.3) is 11.0 Å². The van der Waals surface area contributed by atoms with Crippen LogP contribution in [0.4, 0.5) is 4.39 Å². The van der Waals surface area contributed by atoms with Crippen molar-refractivity contribution >= 4 is 11.0 Å². The highest BCUT2D eigenvalue weighted by Gasteiger charge is 2.36. The lowest BCUT2D eigenvalue weighted by molar-refractivity contribution is 0.171. The van der Waals surface area contributed by atoms with Gasteiger partial charge in [-0.1, -0.05) is 20.8 Å². The zero-order valence-corrected chi connectivity index (χ0v) is 13.1. The van der Waals surface area contributed by atoms with Gasteiger partial charge in [0.2, 0.25) is 0 Å². The van der Waals surface area contributed by atoms with Crippen molar-refractivity contribution in [1.82, 2.24) is 14.9 Å². The van der Waals surface area contributed by atoms with Gasteiger partial charge in [0.15, 0.2) is 0 Å².